The van der Waals surface area contributed by atoms with Gasteiger partial charge in [0.2, 0.25) is 0 Å². The third kappa shape index (κ3) is 7.06. The number of carbonyl (C=O) groups is 1. The van der Waals surface area contributed by atoms with E-state index in [-0.39, 0.29) is 5.91 Å². The first-order valence-electron chi connectivity index (χ1n) is 8.94. The van der Waals surface area contributed by atoms with Gasteiger partial charge in [0.25, 0.3) is 5.91 Å². The van der Waals surface area contributed by atoms with E-state index in [1.54, 1.807) is 19.2 Å². The minimum atomic E-state index is -0.105. The van der Waals surface area contributed by atoms with E-state index >= 15 is 0 Å². The lowest BCUT2D eigenvalue weighted by molar-refractivity contribution is 0.0945. The number of benzene rings is 2. The zero-order chi connectivity index (χ0) is 18.6. The molecule has 0 unspecified atom stereocenters. The minimum Gasteiger partial charge on any atom is -0.496 e. The number of methoxy groups -OCH3 is 1. The molecule has 0 atom stereocenters. The number of hydrogen-bond acceptors (Lipinski definition) is 3. The maximum absolute atomic E-state index is 12.1. The van der Waals surface area contributed by atoms with Crippen LogP contribution in [0.2, 0.25) is 5.02 Å². The molecule has 0 radical (unpaired) electrons. The Bertz CT molecular complexity index is 673. The number of carbonyl (C=O) groups excluding carboxylic acids is 1. The van der Waals surface area contributed by atoms with Crippen LogP contribution in [0.4, 0.5) is 0 Å². The highest BCUT2D eigenvalue weighted by atomic mass is 35.5. The van der Waals surface area contributed by atoms with Crippen molar-refractivity contribution in [2.24, 2.45) is 0 Å². The van der Waals surface area contributed by atoms with Crippen molar-refractivity contribution in [1.29, 1.82) is 0 Å². The van der Waals surface area contributed by atoms with Crippen molar-refractivity contribution in [3.63, 3.8) is 0 Å². The number of rotatable bonds is 11. The highest BCUT2D eigenvalue weighted by Crippen LogP contribution is 2.16. The van der Waals surface area contributed by atoms with E-state index in [4.69, 9.17) is 21.1 Å². The molecule has 140 valence electrons. The summed E-state index contributed by atoms with van der Waals surface area (Å²) in [6.07, 6.45) is 3.80. The number of amides is 1. The van der Waals surface area contributed by atoms with Crippen LogP contribution in [0, 0.1) is 0 Å². The third-order valence-electron chi connectivity index (χ3n) is 4.02. The average Bonchev–Trinajstić information content (AvgIpc) is 2.67. The maximum Gasteiger partial charge on any atom is 0.255 e. The normalized spacial score (nSPS) is 10.5. The Kier molecular flexibility index (Phi) is 9.01. The quantitative estimate of drug-likeness (QED) is 0.588. The van der Waals surface area contributed by atoms with Crippen molar-refractivity contribution in [2.75, 3.05) is 26.9 Å². The van der Waals surface area contributed by atoms with Gasteiger partial charge in [-0.15, -0.1) is 0 Å². The molecule has 0 aromatic heterocycles. The number of unbranched alkanes of at least 4 members (excludes halogenated alkanes) is 1. The summed E-state index contributed by atoms with van der Waals surface area (Å²) in [4.78, 5) is 12.1. The first-order valence-corrected chi connectivity index (χ1v) is 9.32. The fourth-order valence-electron chi connectivity index (χ4n) is 2.59. The van der Waals surface area contributed by atoms with Crippen LogP contribution >= 0.6 is 11.6 Å². The molecule has 4 nitrogen and oxygen atoms in total. The van der Waals surface area contributed by atoms with Crippen LogP contribution < -0.4 is 10.1 Å². The van der Waals surface area contributed by atoms with Crippen LogP contribution in [-0.4, -0.2) is 32.8 Å². The highest BCUT2D eigenvalue weighted by Gasteiger charge is 2.10. The number of nitrogens with one attached hydrogen (secondary N) is 1. The molecule has 2 aromatic rings. The molecule has 1 amide bonds. The second-order valence-corrected chi connectivity index (χ2v) is 6.44. The molecule has 5 heteroatoms. The molecule has 2 aromatic carbocycles. The molecule has 0 spiro atoms. The Labute approximate surface area is 160 Å². The number of para-hydroxylation sites is 1. The van der Waals surface area contributed by atoms with Gasteiger partial charge < -0.3 is 14.8 Å². The summed E-state index contributed by atoms with van der Waals surface area (Å²) in [5.74, 6) is 0.486. The van der Waals surface area contributed by atoms with Crippen LogP contribution in [0.1, 0.15) is 35.2 Å². The molecule has 0 aliphatic heterocycles. The van der Waals surface area contributed by atoms with E-state index < -0.39 is 0 Å². The van der Waals surface area contributed by atoms with Gasteiger partial charge in [-0.2, -0.15) is 0 Å². The molecular formula is C21H26ClNO3. The predicted octanol–water partition coefficient (Wildman–Crippen LogP) is 4.51. The van der Waals surface area contributed by atoms with Crippen LogP contribution in [0.3, 0.4) is 0 Å². The van der Waals surface area contributed by atoms with Gasteiger partial charge in [0, 0.05) is 24.8 Å². The maximum atomic E-state index is 12.1. The second kappa shape index (κ2) is 11.6. The first-order chi connectivity index (χ1) is 12.7. The summed E-state index contributed by atoms with van der Waals surface area (Å²) in [5, 5.41) is 3.68. The molecule has 1 N–H and O–H groups in total. The number of ether oxygens (including phenoxy) is 2. The SMILES string of the molecule is COc1ccccc1C(=O)NCCCCOCCCc1ccc(Cl)cc1. The average molecular weight is 376 g/mol. The minimum absolute atomic E-state index is 0.105. The number of hydrogen-bond donors (Lipinski definition) is 1. The molecule has 26 heavy (non-hydrogen) atoms. The first kappa shape index (κ1) is 20.3. The van der Waals surface area contributed by atoms with Gasteiger partial charge in [-0.1, -0.05) is 35.9 Å². The molecule has 0 saturated heterocycles. The lowest BCUT2D eigenvalue weighted by Crippen LogP contribution is -2.25. The van der Waals surface area contributed by atoms with E-state index in [2.05, 4.69) is 5.32 Å². The number of aryl methyl sites for hydroxylation is 1. The highest BCUT2D eigenvalue weighted by molar-refractivity contribution is 6.30. The zero-order valence-corrected chi connectivity index (χ0v) is 15.9. The van der Waals surface area contributed by atoms with Gasteiger partial charge in [-0.3, -0.25) is 4.79 Å². The Morgan fingerprint density at radius 3 is 2.50 bits per heavy atom. The fourth-order valence-corrected chi connectivity index (χ4v) is 2.72. The summed E-state index contributed by atoms with van der Waals surface area (Å²) < 4.78 is 10.8. The Morgan fingerprint density at radius 1 is 1.00 bits per heavy atom. The lowest BCUT2D eigenvalue weighted by Gasteiger charge is -2.09. The predicted molar refractivity (Wildman–Crippen MR) is 105 cm³/mol. The summed E-state index contributed by atoms with van der Waals surface area (Å²) in [7, 11) is 1.57. The lowest BCUT2D eigenvalue weighted by atomic mass is 10.1. The van der Waals surface area contributed by atoms with Crippen LogP contribution in [0.25, 0.3) is 0 Å². The van der Waals surface area contributed by atoms with Gasteiger partial charge in [-0.05, 0) is 55.5 Å². The second-order valence-electron chi connectivity index (χ2n) is 6.01. The topological polar surface area (TPSA) is 47.6 Å². The van der Waals surface area contributed by atoms with E-state index in [1.807, 2.05) is 36.4 Å². The van der Waals surface area contributed by atoms with Gasteiger partial charge in [0.05, 0.1) is 12.7 Å². The Morgan fingerprint density at radius 2 is 1.73 bits per heavy atom. The molecule has 0 heterocycles. The molecule has 2 rings (SSSR count). The van der Waals surface area contributed by atoms with Crippen molar-refractivity contribution in [2.45, 2.75) is 25.7 Å². The summed E-state index contributed by atoms with van der Waals surface area (Å²) in [6, 6.07) is 15.1. The van der Waals surface area contributed by atoms with Crippen molar-refractivity contribution in [3.05, 3.63) is 64.7 Å². The molecule has 0 aliphatic carbocycles. The van der Waals surface area contributed by atoms with Gasteiger partial charge in [-0.25, -0.2) is 0 Å². The van der Waals surface area contributed by atoms with Crippen LogP contribution in [-0.2, 0) is 11.2 Å². The van der Waals surface area contributed by atoms with Gasteiger partial charge in [0.1, 0.15) is 5.75 Å². The summed E-state index contributed by atoms with van der Waals surface area (Å²) in [6.45, 7) is 2.09. The van der Waals surface area contributed by atoms with E-state index in [1.165, 1.54) is 5.56 Å². The Balaban J connectivity index is 1.50. The van der Waals surface area contributed by atoms with Crippen molar-refractivity contribution in [1.82, 2.24) is 5.32 Å². The molecular weight excluding hydrogens is 350 g/mol. The van der Waals surface area contributed by atoms with E-state index in [0.717, 1.165) is 37.3 Å². The molecule has 0 aliphatic rings. The Hall–Kier alpha value is -2.04. The number of halogens is 1. The van der Waals surface area contributed by atoms with Crippen molar-refractivity contribution >= 4 is 17.5 Å². The van der Waals surface area contributed by atoms with E-state index in [9.17, 15) is 4.79 Å². The fraction of sp³-hybridized carbons (Fsp3) is 0.381. The van der Waals surface area contributed by atoms with Crippen LogP contribution in [0.5, 0.6) is 5.75 Å². The largest absolute Gasteiger partial charge is 0.496 e. The monoisotopic (exact) mass is 375 g/mol. The standard InChI is InChI=1S/C21H26ClNO3/c1-25-20-9-3-2-8-19(20)21(24)23-14-4-5-15-26-16-6-7-17-10-12-18(22)13-11-17/h2-3,8-13H,4-7,14-16H2,1H3,(H,23,24). The molecule has 0 fully saturated rings. The zero-order valence-electron chi connectivity index (χ0n) is 15.2. The van der Waals surface area contributed by atoms with Crippen molar-refractivity contribution < 1.29 is 14.3 Å². The smallest absolute Gasteiger partial charge is 0.255 e. The van der Waals surface area contributed by atoms with Gasteiger partial charge in [0.15, 0.2) is 0 Å². The van der Waals surface area contributed by atoms with Crippen LogP contribution in [0.15, 0.2) is 48.5 Å². The third-order valence-corrected chi connectivity index (χ3v) is 4.27. The molecule has 0 bridgehead atoms. The van der Waals surface area contributed by atoms with Gasteiger partial charge >= 0.3 is 0 Å². The molecule has 0 saturated carbocycles. The van der Waals surface area contributed by atoms with E-state index in [0.29, 0.717) is 24.5 Å². The van der Waals surface area contributed by atoms with Crippen molar-refractivity contribution in [3.8, 4) is 5.75 Å². The summed E-state index contributed by atoms with van der Waals surface area (Å²) >= 11 is 5.87. The summed E-state index contributed by atoms with van der Waals surface area (Å²) in [5.41, 5.74) is 1.84.